The first kappa shape index (κ1) is 23.6. The Morgan fingerprint density at radius 2 is 1.82 bits per heavy atom. The Bertz CT molecular complexity index is 1430. The van der Waals surface area contributed by atoms with Crippen molar-refractivity contribution in [3.05, 3.63) is 69.8 Å². The molecule has 0 saturated carbocycles. The van der Waals surface area contributed by atoms with Crippen molar-refractivity contribution in [2.75, 3.05) is 11.9 Å². The van der Waals surface area contributed by atoms with Gasteiger partial charge in [0.15, 0.2) is 5.69 Å². The van der Waals surface area contributed by atoms with Crippen LogP contribution in [-0.4, -0.2) is 65.8 Å². The number of amides is 1. The molecule has 0 fully saturated rings. The Morgan fingerprint density at radius 1 is 1.09 bits per heavy atom. The minimum absolute atomic E-state index is 0.360. The first-order valence-corrected chi connectivity index (χ1v) is 10.7. The second-order valence-electron chi connectivity index (χ2n) is 8.34. The van der Waals surface area contributed by atoms with E-state index in [1.54, 1.807) is 36.5 Å². The molecule has 0 aliphatic carbocycles. The smallest absolute Gasteiger partial charge is 0.282 e. The quantitative estimate of drug-likeness (QED) is 0.235. The van der Waals surface area contributed by atoms with Gasteiger partial charge < -0.3 is 35.3 Å². The first-order chi connectivity index (χ1) is 16.2. The summed E-state index contributed by atoms with van der Waals surface area (Å²) in [6.07, 6.45) is -3.10. The molecule has 34 heavy (non-hydrogen) atoms. The predicted molar refractivity (Wildman–Crippen MR) is 127 cm³/mol. The number of aliphatic hydroxyl groups is 4. The molecule has 6 N–H and O–H groups in total. The Labute approximate surface area is 194 Å². The molecule has 0 bridgehead atoms. The van der Waals surface area contributed by atoms with Crippen LogP contribution in [0.3, 0.4) is 0 Å². The first-order valence-electron chi connectivity index (χ1n) is 10.7. The fourth-order valence-corrected chi connectivity index (χ4v) is 3.81. The Kier molecular flexibility index (Phi) is 6.49. The van der Waals surface area contributed by atoms with Crippen LogP contribution in [0.2, 0.25) is 0 Å². The second-order valence-corrected chi connectivity index (χ2v) is 8.34. The number of hydrogen-bond donors (Lipinski definition) is 6. The summed E-state index contributed by atoms with van der Waals surface area (Å²) in [6, 6.07) is 10.5. The number of aromatic nitrogens is 3. The third-order valence-corrected chi connectivity index (χ3v) is 5.93. The van der Waals surface area contributed by atoms with E-state index in [0.29, 0.717) is 16.7 Å². The highest BCUT2D eigenvalue weighted by Gasteiger charge is 2.27. The molecule has 0 radical (unpaired) electrons. The van der Waals surface area contributed by atoms with Crippen LogP contribution in [0.5, 0.6) is 0 Å². The molecule has 3 unspecified atom stereocenters. The zero-order valence-electron chi connectivity index (χ0n) is 18.7. The van der Waals surface area contributed by atoms with Gasteiger partial charge in [0.1, 0.15) is 18.3 Å². The summed E-state index contributed by atoms with van der Waals surface area (Å²) >= 11 is 0. The van der Waals surface area contributed by atoms with E-state index < -0.39 is 42.9 Å². The van der Waals surface area contributed by atoms with E-state index in [4.69, 9.17) is 5.11 Å². The van der Waals surface area contributed by atoms with Crippen molar-refractivity contribution >= 4 is 33.5 Å². The van der Waals surface area contributed by atoms with Gasteiger partial charge in [0.05, 0.1) is 24.2 Å². The summed E-state index contributed by atoms with van der Waals surface area (Å²) in [4.78, 5) is 33.7. The van der Waals surface area contributed by atoms with E-state index in [-0.39, 0.29) is 5.69 Å². The molecule has 4 rings (SSSR count). The van der Waals surface area contributed by atoms with Crippen LogP contribution < -0.4 is 10.9 Å². The van der Waals surface area contributed by atoms with Gasteiger partial charge in [-0.25, -0.2) is 4.98 Å². The van der Waals surface area contributed by atoms with E-state index in [9.17, 15) is 24.9 Å². The zero-order chi connectivity index (χ0) is 24.6. The summed E-state index contributed by atoms with van der Waals surface area (Å²) in [5.74, 6) is -0.723. The van der Waals surface area contributed by atoms with Crippen molar-refractivity contribution in [2.45, 2.75) is 38.7 Å². The number of fused-ring (bicyclic) bond motifs is 2. The number of aryl methyl sites for hydroxylation is 2. The number of aromatic amines is 1. The number of nitrogens with zero attached hydrogens (tertiary/aromatic N) is 2. The van der Waals surface area contributed by atoms with E-state index in [1.165, 1.54) is 0 Å². The molecule has 3 atom stereocenters. The Morgan fingerprint density at radius 3 is 2.56 bits per heavy atom. The number of carbonyl (C=O) groups is 1. The molecule has 178 valence electrons. The van der Waals surface area contributed by atoms with Crippen LogP contribution in [-0.2, 0) is 6.54 Å². The number of H-pyrrole nitrogens is 1. The van der Waals surface area contributed by atoms with Crippen LogP contribution >= 0.6 is 0 Å². The number of carbonyl (C=O) groups excluding carboxylic acids is 1. The van der Waals surface area contributed by atoms with Crippen LogP contribution in [0.4, 0.5) is 5.69 Å². The molecular weight excluding hydrogens is 440 g/mol. The highest BCUT2D eigenvalue weighted by molar-refractivity contribution is 6.04. The predicted octanol–water partition coefficient (Wildman–Crippen LogP) is 0.822. The lowest BCUT2D eigenvalue weighted by Gasteiger charge is -2.23. The SMILES string of the molecule is Cc1cc2nc(C(=O)Nc3ccc4[nH]ccc4c3)c(=O)n(CC(O)C(O)C(O)CO)c2cc1C. The monoisotopic (exact) mass is 466 g/mol. The number of anilines is 1. The van der Waals surface area contributed by atoms with Crippen molar-refractivity contribution in [3.8, 4) is 0 Å². The van der Waals surface area contributed by atoms with E-state index in [2.05, 4.69) is 15.3 Å². The largest absolute Gasteiger partial charge is 0.394 e. The van der Waals surface area contributed by atoms with Crippen LogP contribution in [0, 0.1) is 13.8 Å². The summed E-state index contributed by atoms with van der Waals surface area (Å²) in [6.45, 7) is 2.53. The van der Waals surface area contributed by atoms with Crippen LogP contribution in [0.15, 0.2) is 47.4 Å². The minimum atomic E-state index is -1.70. The molecule has 0 aliphatic rings. The minimum Gasteiger partial charge on any atom is -0.394 e. The molecule has 1 amide bonds. The van der Waals surface area contributed by atoms with E-state index in [0.717, 1.165) is 26.6 Å². The molecule has 2 aromatic heterocycles. The molecule has 2 heterocycles. The molecule has 0 spiro atoms. The fraction of sp³-hybridized carbons (Fsp3) is 0.292. The summed E-state index contributed by atoms with van der Waals surface area (Å²) < 4.78 is 1.15. The Hall–Kier alpha value is -3.57. The van der Waals surface area contributed by atoms with Crippen LogP contribution in [0.25, 0.3) is 21.9 Å². The van der Waals surface area contributed by atoms with Crippen molar-refractivity contribution in [1.29, 1.82) is 0 Å². The summed E-state index contributed by atoms with van der Waals surface area (Å²) in [5.41, 5.74) is 2.71. The van der Waals surface area contributed by atoms with Gasteiger partial charge in [-0.3, -0.25) is 9.59 Å². The van der Waals surface area contributed by atoms with Crippen molar-refractivity contribution in [2.24, 2.45) is 0 Å². The number of hydrogen-bond acceptors (Lipinski definition) is 7. The van der Waals surface area contributed by atoms with Gasteiger partial charge in [-0.1, -0.05) is 0 Å². The molecule has 10 heteroatoms. The molecule has 0 aliphatic heterocycles. The zero-order valence-corrected chi connectivity index (χ0v) is 18.7. The third kappa shape index (κ3) is 4.44. The normalized spacial score (nSPS) is 14.3. The maximum atomic E-state index is 13.3. The van der Waals surface area contributed by atoms with Gasteiger partial charge in [0.25, 0.3) is 11.5 Å². The topological polar surface area (TPSA) is 161 Å². The van der Waals surface area contributed by atoms with Crippen LogP contribution in [0.1, 0.15) is 21.6 Å². The van der Waals surface area contributed by atoms with Gasteiger partial charge in [-0.15, -0.1) is 0 Å². The van der Waals surface area contributed by atoms with Gasteiger partial charge in [-0.2, -0.15) is 0 Å². The van der Waals surface area contributed by atoms with E-state index in [1.807, 2.05) is 19.9 Å². The molecule has 0 saturated heterocycles. The van der Waals surface area contributed by atoms with E-state index >= 15 is 0 Å². The highest BCUT2D eigenvalue weighted by atomic mass is 16.4. The molecular formula is C24H26N4O6. The molecule has 4 aromatic rings. The lowest BCUT2D eigenvalue weighted by molar-refractivity contribution is -0.0805. The van der Waals surface area contributed by atoms with Gasteiger partial charge >= 0.3 is 0 Å². The third-order valence-electron chi connectivity index (χ3n) is 5.93. The maximum Gasteiger partial charge on any atom is 0.282 e. The van der Waals surface area contributed by atoms with Gasteiger partial charge in [0.2, 0.25) is 0 Å². The lowest BCUT2D eigenvalue weighted by atomic mass is 10.1. The average Bonchev–Trinajstić information content (AvgIpc) is 3.28. The average molecular weight is 466 g/mol. The lowest BCUT2D eigenvalue weighted by Crippen LogP contribution is -2.44. The molecule has 10 nitrogen and oxygen atoms in total. The number of nitrogens with one attached hydrogen (secondary N) is 2. The highest BCUT2D eigenvalue weighted by Crippen LogP contribution is 2.20. The van der Waals surface area contributed by atoms with Gasteiger partial charge in [0, 0.05) is 22.8 Å². The summed E-state index contributed by atoms with van der Waals surface area (Å²) in [5, 5.41) is 42.8. The number of aliphatic hydroxyl groups excluding tert-OH is 4. The Balaban J connectivity index is 1.77. The van der Waals surface area contributed by atoms with Crippen molar-refractivity contribution < 1.29 is 25.2 Å². The van der Waals surface area contributed by atoms with Gasteiger partial charge in [-0.05, 0) is 61.4 Å². The number of rotatable bonds is 7. The fourth-order valence-electron chi connectivity index (χ4n) is 3.81. The second kappa shape index (κ2) is 9.35. The number of benzene rings is 2. The summed E-state index contributed by atoms with van der Waals surface area (Å²) in [7, 11) is 0. The molecule has 2 aromatic carbocycles. The maximum absolute atomic E-state index is 13.3. The standard InChI is InChI=1S/C24H26N4O6/c1-12-7-17-18(8-13(12)2)28(10-19(30)22(32)20(31)11-29)24(34)21(27-17)23(33)26-15-3-4-16-14(9-15)5-6-25-16/h3-9,19-20,22,25,29-32H,10-11H2,1-2H3,(H,26,33). The van der Waals surface area contributed by atoms with Crippen molar-refractivity contribution in [3.63, 3.8) is 0 Å². The van der Waals surface area contributed by atoms with Crippen molar-refractivity contribution in [1.82, 2.24) is 14.5 Å².